The van der Waals surface area contributed by atoms with Crippen molar-refractivity contribution in [2.75, 3.05) is 0 Å². The average Bonchev–Trinajstić information content (AvgIpc) is 2.11. The number of hydrogen-bond donors (Lipinski definition) is 0. The Morgan fingerprint density at radius 3 is 2.08 bits per heavy atom. The largest absolute Gasteiger partial charge is 1.00 e. The third-order valence-electron chi connectivity index (χ3n) is 1.47. The summed E-state index contributed by atoms with van der Waals surface area (Å²) in [5.41, 5.74) is -0.260. The Morgan fingerprint density at radius 2 is 1.92 bits per heavy atom. The third-order valence-corrected chi connectivity index (χ3v) is 1.47. The van der Waals surface area contributed by atoms with E-state index < -0.39 is 12.6 Å². The van der Waals surface area contributed by atoms with E-state index in [9.17, 15) is 12.9 Å². The van der Waals surface area contributed by atoms with Crippen LogP contribution in [0.15, 0.2) is 6.07 Å². The van der Waals surface area contributed by atoms with Crippen molar-refractivity contribution >= 4 is 12.6 Å². The zero-order valence-corrected chi connectivity index (χ0v) is 10.3. The van der Waals surface area contributed by atoms with E-state index in [0.717, 1.165) is 6.07 Å². The Labute approximate surface area is 111 Å². The van der Waals surface area contributed by atoms with Gasteiger partial charge in [0.2, 0.25) is 0 Å². The van der Waals surface area contributed by atoms with Crippen LogP contribution in [-0.4, -0.2) is 16.8 Å². The minimum absolute atomic E-state index is 0. The summed E-state index contributed by atoms with van der Waals surface area (Å²) in [6.07, 6.45) is 0. The molecule has 0 fully saturated rings. The van der Waals surface area contributed by atoms with Crippen LogP contribution in [-0.2, 0) is 7.05 Å². The fourth-order valence-electron chi connectivity index (χ4n) is 0.748. The van der Waals surface area contributed by atoms with Crippen LogP contribution in [0.3, 0.4) is 0 Å². The first kappa shape index (κ1) is 12.7. The maximum absolute atomic E-state index is 12.0. The second-order valence-electron chi connectivity index (χ2n) is 2.41. The van der Waals surface area contributed by atoms with Crippen LogP contribution in [0.1, 0.15) is 5.69 Å². The molecule has 0 aliphatic rings. The van der Waals surface area contributed by atoms with Crippen LogP contribution in [0.25, 0.3) is 0 Å². The molecule has 0 N–H and O–H groups in total. The Hall–Kier alpha value is 0.701. The Kier molecular flexibility index (Phi) is 4.53. The second-order valence-corrected chi connectivity index (χ2v) is 2.41. The van der Waals surface area contributed by atoms with Crippen molar-refractivity contribution in [3.05, 3.63) is 11.8 Å². The van der Waals surface area contributed by atoms with Gasteiger partial charge in [-0.05, 0) is 13.0 Å². The summed E-state index contributed by atoms with van der Waals surface area (Å²) in [5.74, 6) is 0. The van der Waals surface area contributed by atoms with Crippen molar-refractivity contribution in [1.82, 2.24) is 9.78 Å². The molecular weight excluding hydrogens is 195 g/mol. The molecule has 7 heteroatoms. The molecule has 0 aliphatic carbocycles. The molecule has 0 atom stereocenters. The summed E-state index contributed by atoms with van der Waals surface area (Å²) < 4.78 is 37.1. The molecule has 0 radical (unpaired) electrons. The van der Waals surface area contributed by atoms with Gasteiger partial charge in [0.25, 0.3) is 0 Å². The van der Waals surface area contributed by atoms with E-state index in [2.05, 4.69) is 5.10 Å². The molecule has 0 bridgehead atoms. The molecule has 1 rings (SSSR count). The third kappa shape index (κ3) is 2.88. The van der Waals surface area contributed by atoms with Gasteiger partial charge in [-0.15, -0.1) is 0 Å². The monoisotopic (exact) mass is 202 g/mol. The molecule has 1 aromatic heterocycles. The maximum Gasteiger partial charge on any atom is 1.00 e. The number of halogens is 3. The molecule has 1 heterocycles. The standard InChI is InChI=1S/C5H7BF3N2.K/c1-4-3-5(6(7,8)9)10-11(4)2;/h3H,1-2H3;/q-1;+1. The first-order chi connectivity index (χ1) is 4.91. The van der Waals surface area contributed by atoms with Crippen molar-refractivity contribution < 1.29 is 64.3 Å². The van der Waals surface area contributed by atoms with Crippen LogP contribution < -0.4 is 57.0 Å². The average molecular weight is 202 g/mol. The fraction of sp³-hybridized carbons (Fsp3) is 0.400. The maximum atomic E-state index is 12.0. The number of rotatable bonds is 1. The van der Waals surface area contributed by atoms with E-state index in [4.69, 9.17) is 0 Å². The van der Waals surface area contributed by atoms with Crippen LogP contribution in [0.5, 0.6) is 0 Å². The van der Waals surface area contributed by atoms with Crippen LogP contribution in [0.4, 0.5) is 12.9 Å². The summed E-state index contributed by atoms with van der Waals surface area (Å²) >= 11 is 0. The summed E-state index contributed by atoms with van der Waals surface area (Å²) in [6, 6.07) is 1.04. The molecule has 0 spiro atoms. The molecule has 0 saturated heterocycles. The van der Waals surface area contributed by atoms with Crippen molar-refractivity contribution in [2.45, 2.75) is 6.92 Å². The van der Waals surface area contributed by atoms with Crippen LogP contribution >= 0.6 is 0 Å². The van der Waals surface area contributed by atoms with Gasteiger partial charge in [0, 0.05) is 18.3 Å². The quantitative estimate of drug-likeness (QED) is 0.472. The smallest absolute Gasteiger partial charge is 0.444 e. The summed E-state index contributed by atoms with van der Waals surface area (Å²) in [6.45, 7) is -3.35. The van der Waals surface area contributed by atoms with Crippen molar-refractivity contribution in [1.29, 1.82) is 0 Å². The van der Waals surface area contributed by atoms with Gasteiger partial charge in [-0.3, -0.25) is 4.68 Å². The van der Waals surface area contributed by atoms with Crippen LogP contribution in [0.2, 0.25) is 0 Å². The molecule has 0 aliphatic heterocycles. The van der Waals surface area contributed by atoms with Gasteiger partial charge in [0.05, 0.1) is 0 Å². The minimum atomic E-state index is -4.93. The van der Waals surface area contributed by atoms with E-state index in [1.807, 2.05) is 0 Å². The molecule has 2 nitrogen and oxygen atoms in total. The summed E-state index contributed by atoms with van der Waals surface area (Å²) in [7, 11) is 1.49. The fourth-order valence-corrected chi connectivity index (χ4v) is 0.748. The topological polar surface area (TPSA) is 17.8 Å². The molecule has 0 aromatic carbocycles. The van der Waals surface area contributed by atoms with Crippen molar-refractivity contribution in [3.63, 3.8) is 0 Å². The molecule has 62 valence electrons. The number of nitrogens with zero attached hydrogens (tertiary/aromatic N) is 2. The van der Waals surface area contributed by atoms with Gasteiger partial charge in [0.1, 0.15) is 0 Å². The molecule has 1 aromatic rings. The summed E-state index contributed by atoms with van der Waals surface area (Å²) in [5, 5.41) is 3.30. The molecule has 0 amide bonds. The van der Waals surface area contributed by atoms with Gasteiger partial charge in [0.15, 0.2) is 0 Å². The molecule has 0 unspecified atom stereocenters. The summed E-state index contributed by atoms with van der Waals surface area (Å²) in [4.78, 5) is 0. The normalized spacial score (nSPS) is 11.1. The zero-order chi connectivity index (χ0) is 8.65. The van der Waals surface area contributed by atoms with Crippen molar-refractivity contribution in [2.24, 2.45) is 7.05 Å². The van der Waals surface area contributed by atoms with Crippen LogP contribution in [0, 0.1) is 6.92 Å². The Morgan fingerprint density at radius 1 is 1.42 bits per heavy atom. The van der Waals surface area contributed by atoms with Crippen molar-refractivity contribution in [3.8, 4) is 0 Å². The predicted molar refractivity (Wildman–Crippen MR) is 36.7 cm³/mol. The minimum Gasteiger partial charge on any atom is -0.444 e. The SMILES string of the molecule is Cc1cc([B-](F)(F)F)nn1C.[K+]. The Bertz CT molecular complexity index is 251. The Balaban J connectivity index is 0.00000121. The second kappa shape index (κ2) is 4.28. The first-order valence-corrected chi connectivity index (χ1v) is 3.12. The van der Waals surface area contributed by atoms with E-state index in [1.54, 1.807) is 6.92 Å². The van der Waals surface area contributed by atoms with E-state index >= 15 is 0 Å². The van der Waals surface area contributed by atoms with Gasteiger partial charge in [-0.1, -0.05) is 0 Å². The number of hydrogen-bond acceptors (Lipinski definition) is 1. The van der Waals surface area contributed by atoms with Gasteiger partial charge >= 0.3 is 58.4 Å². The first-order valence-electron chi connectivity index (χ1n) is 3.12. The zero-order valence-electron chi connectivity index (χ0n) is 7.18. The van der Waals surface area contributed by atoms with Gasteiger partial charge < -0.3 is 12.9 Å². The van der Waals surface area contributed by atoms with E-state index in [-0.39, 0.29) is 51.4 Å². The molecule has 12 heavy (non-hydrogen) atoms. The van der Waals surface area contributed by atoms with Gasteiger partial charge in [-0.2, -0.15) is 0 Å². The molecular formula is C5H7BF3KN2. The van der Waals surface area contributed by atoms with E-state index in [0.29, 0.717) is 5.69 Å². The molecule has 0 saturated carbocycles. The predicted octanol–water partition coefficient (Wildman–Crippen LogP) is -2.21. The van der Waals surface area contributed by atoms with Gasteiger partial charge in [-0.25, -0.2) is 5.10 Å². The number of aryl methyl sites for hydroxylation is 2. The number of aromatic nitrogens is 2. The van der Waals surface area contributed by atoms with E-state index in [1.165, 1.54) is 11.7 Å².